The standard InChI is InChI=1S/C13H15Cl2N/c1-9(2)16(15)13-6-4-10-7-12(14)5-3-11(10)8-13/h3,5,7-9H,4,6H2,1-2H3. The van der Waals surface area contributed by atoms with Crippen molar-refractivity contribution in [3.63, 3.8) is 0 Å². The second kappa shape index (κ2) is 4.68. The van der Waals surface area contributed by atoms with E-state index in [-0.39, 0.29) is 0 Å². The molecule has 3 heteroatoms. The van der Waals surface area contributed by atoms with Gasteiger partial charge in [0.2, 0.25) is 0 Å². The minimum absolute atomic E-state index is 0.321. The third kappa shape index (κ3) is 2.36. The van der Waals surface area contributed by atoms with Crippen LogP contribution in [0.3, 0.4) is 0 Å². The monoisotopic (exact) mass is 255 g/mol. The van der Waals surface area contributed by atoms with Crippen LogP contribution >= 0.6 is 23.4 Å². The van der Waals surface area contributed by atoms with Crippen LogP contribution in [0.4, 0.5) is 0 Å². The van der Waals surface area contributed by atoms with E-state index >= 15 is 0 Å². The Labute approximate surface area is 107 Å². The summed E-state index contributed by atoms with van der Waals surface area (Å²) in [5, 5.41) is 0.808. The average Bonchev–Trinajstić information content (AvgIpc) is 2.27. The average molecular weight is 256 g/mol. The Morgan fingerprint density at radius 1 is 1.25 bits per heavy atom. The summed E-state index contributed by atoms with van der Waals surface area (Å²) < 4.78 is 1.82. The zero-order valence-corrected chi connectivity index (χ0v) is 11.0. The fraction of sp³-hybridized carbons (Fsp3) is 0.385. The largest absolute Gasteiger partial charge is 0.287 e. The van der Waals surface area contributed by atoms with Gasteiger partial charge in [-0.1, -0.05) is 17.7 Å². The van der Waals surface area contributed by atoms with Gasteiger partial charge in [0.05, 0.1) is 0 Å². The van der Waals surface area contributed by atoms with Crippen LogP contribution in [0.1, 0.15) is 31.4 Å². The number of benzene rings is 1. The molecule has 2 rings (SSSR count). The predicted octanol–water partition coefficient (Wildman–Crippen LogP) is 4.49. The minimum Gasteiger partial charge on any atom is -0.287 e. The van der Waals surface area contributed by atoms with Gasteiger partial charge in [0.1, 0.15) is 0 Å². The highest BCUT2D eigenvalue weighted by molar-refractivity contribution is 6.30. The lowest BCUT2D eigenvalue weighted by Crippen LogP contribution is -2.21. The molecule has 1 aromatic carbocycles. The van der Waals surface area contributed by atoms with Crippen molar-refractivity contribution in [3.8, 4) is 0 Å². The van der Waals surface area contributed by atoms with Gasteiger partial charge in [0.25, 0.3) is 0 Å². The summed E-state index contributed by atoms with van der Waals surface area (Å²) in [5.74, 6) is 0. The molecular formula is C13H15Cl2N. The van der Waals surface area contributed by atoms with Crippen molar-refractivity contribution < 1.29 is 0 Å². The minimum atomic E-state index is 0.321. The number of nitrogens with zero attached hydrogens (tertiary/aromatic N) is 1. The van der Waals surface area contributed by atoms with Crippen LogP contribution in [-0.2, 0) is 6.42 Å². The summed E-state index contributed by atoms with van der Waals surface area (Å²) in [4.78, 5) is 0. The van der Waals surface area contributed by atoms with E-state index in [9.17, 15) is 0 Å². The Balaban J connectivity index is 2.31. The number of hydrogen-bond donors (Lipinski definition) is 0. The summed E-state index contributed by atoms with van der Waals surface area (Å²) in [7, 11) is 0. The molecular weight excluding hydrogens is 241 g/mol. The molecule has 86 valence electrons. The van der Waals surface area contributed by atoms with Gasteiger partial charge in [0.15, 0.2) is 0 Å². The van der Waals surface area contributed by atoms with Gasteiger partial charge in [0, 0.05) is 28.5 Å². The second-order valence-electron chi connectivity index (χ2n) is 4.38. The van der Waals surface area contributed by atoms with Crippen molar-refractivity contribution in [1.29, 1.82) is 0 Å². The van der Waals surface area contributed by atoms with E-state index in [1.54, 1.807) is 0 Å². The van der Waals surface area contributed by atoms with Crippen LogP contribution in [0.5, 0.6) is 0 Å². The van der Waals surface area contributed by atoms with E-state index in [4.69, 9.17) is 23.4 Å². The quantitative estimate of drug-likeness (QED) is 0.704. The normalized spacial score (nSPS) is 14.7. The summed E-state index contributed by atoms with van der Waals surface area (Å²) in [5.41, 5.74) is 3.73. The Morgan fingerprint density at radius 3 is 2.69 bits per heavy atom. The number of aryl methyl sites for hydroxylation is 1. The van der Waals surface area contributed by atoms with Gasteiger partial charge in [-0.15, -0.1) is 0 Å². The number of rotatable bonds is 2. The molecule has 1 aliphatic carbocycles. The van der Waals surface area contributed by atoms with E-state index < -0.39 is 0 Å². The molecule has 0 unspecified atom stereocenters. The first-order valence-electron chi connectivity index (χ1n) is 5.52. The SMILES string of the molecule is CC(C)N(Cl)C1=Cc2ccc(Cl)cc2CC1. The highest BCUT2D eigenvalue weighted by atomic mass is 35.5. The zero-order valence-electron chi connectivity index (χ0n) is 9.50. The molecule has 1 aliphatic rings. The number of hydrogen-bond acceptors (Lipinski definition) is 1. The zero-order chi connectivity index (χ0) is 11.7. The molecule has 0 saturated carbocycles. The molecule has 1 nitrogen and oxygen atoms in total. The molecule has 0 heterocycles. The van der Waals surface area contributed by atoms with Gasteiger partial charge >= 0.3 is 0 Å². The number of allylic oxidation sites excluding steroid dienone is 1. The molecule has 0 spiro atoms. The van der Waals surface area contributed by atoms with Crippen LogP contribution in [-0.4, -0.2) is 10.5 Å². The van der Waals surface area contributed by atoms with Crippen LogP contribution < -0.4 is 0 Å². The van der Waals surface area contributed by atoms with Crippen LogP contribution in [0.2, 0.25) is 5.02 Å². The van der Waals surface area contributed by atoms with Crippen molar-refractivity contribution in [1.82, 2.24) is 4.42 Å². The summed E-state index contributed by atoms with van der Waals surface area (Å²) in [6.45, 7) is 4.18. The highest BCUT2D eigenvalue weighted by Gasteiger charge is 2.16. The Kier molecular flexibility index (Phi) is 3.46. The van der Waals surface area contributed by atoms with Crippen molar-refractivity contribution in [2.45, 2.75) is 32.7 Å². The van der Waals surface area contributed by atoms with Crippen LogP contribution in [0, 0.1) is 0 Å². The van der Waals surface area contributed by atoms with E-state index in [2.05, 4.69) is 26.0 Å². The molecule has 0 N–H and O–H groups in total. The topological polar surface area (TPSA) is 3.24 Å². The molecule has 0 amide bonds. The number of fused-ring (bicyclic) bond motifs is 1. The molecule has 0 aliphatic heterocycles. The van der Waals surface area contributed by atoms with Gasteiger partial charge in [-0.2, -0.15) is 0 Å². The Morgan fingerprint density at radius 2 is 2.00 bits per heavy atom. The van der Waals surface area contributed by atoms with Crippen molar-refractivity contribution >= 4 is 29.5 Å². The first-order valence-corrected chi connectivity index (χ1v) is 6.23. The fourth-order valence-corrected chi connectivity index (χ4v) is 2.27. The predicted molar refractivity (Wildman–Crippen MR) is 70.6 cm³/mol. The molecule has 0 radical (unpaired) electrons. The molecule has 0 aromatic heterocycles. The maximum atomic E-state index is 6.23. The first-order chi connectivity index (χ1) is 7.58. The number of halogens is 2. The maximum Gasteiger partial charge on any atom is 0.0409 e. The fourth-order valence-electron chi connectivity index (χ4n) is 1.95. The first kappa shape index (κ1) is 11.8. The van der Waals surface area contributed by atoms with Crippen molar-refractivity contribution in [2.24, 2.45) is 0 Å². The van der Waals surface area contributed by atoms with Gasteiger partial charge < -0.3 is 0 Å². The Hall–Kier alpha value is -0.660. The summed E-state index contributed by atoms with van der Waals surface area (Å²) >= 11 is 12.2. The molecule has 0 fully saturated rings. The second-order valence-corrected chi connectivity index (χ2v) is 5.18. The molecule has 0 saturated heterocycles. The lowest BCUT2D eigenvalue weighted by atomic mass is 9.95. The molecule has 0 atom stereocenters. The van der Waals surface area contributed by atoms with E-state index in [0.717, 1.165) is 17.9 Å². The van der Waals surface area contributed by atoms with Crippen LogP contribution in [0.15, 0.2) is 23.9 Å². The van der Waals surface area contributed by atoms with Crippen LogP contribution in [0.25, 0.3) is 6.08 Å². The van der Waals surface area contributed by atoms with Crippen molar-refractivity contribution in [2.75, 3.05) is 0 Å². The van der Waals surface area contributed by atoms with Gasteiger partial charge in [-0.05, 0) is 56.0 Å². The van der Waals surface area contributed by atoms with E-state index in [1.807, 2.05) is 16.6 Å². The lowest BCUT2D eigenvalue weighted by Gasteiger charge is -2.26. The van der Waals surface area contributed by atoms with Gasteiger partial charge in [-0.3, -0.25) is 4.42 Å². The van der Waals surface area contributed by atoms with Crippen molar-refractivity contribution in [3.05, 3.63) is 40.0 Å². The maximum absolute atomic E-state index is 6.23. The van der Waals surface area contributed by atoms with E-state index in [0.29, 0.717) is 6.04 Å². The molecule has 1 aromatic rings. The smallest absolute Gasteiger partial charge is 0.0409 e. The summed E-state index contributed by atoms with van der Waals surface area (Å²) in [6, 6.07) is 6.34. The van der Waals surface area contributed by atoms with E-state index in [1.165, 1.54) is 16.8 Å². The highest BCUT2D eigenvalue weighted by Crippen LogP contribution is 2.29. The molecule has 16 heavy (non-hydrogen) atoms. The molecule has 0 bridgehead atoms. The Bertz CT molecular complexity index is 424. The lowest BCUT2D eigenvalue weighted by molar-refractivity contribution is 0.445. The van der Waals surface area contributed by atoms with Gasteiger partial charge in [-0.25, -0.2) is 0 Å². The third-order valence-corrected chi connectivity index (χ3v) is 3.65. The third-order valence-electron chi connectivity index (χ3n) is 2.81. The summed E-state index contributed by atoms with van der Waals surface area (Å²) in [6.07, 6.45) is 4.15.